The van der Waals surface area contributed by atoms with E-state index in [2.05, 4.69) is 13.2 Å². The van der Waals surface area contributed by atoms with Crippen LogP contribution >= 0.6 is 0 Å². The second-order valence-electron chi connectivity index (χ2n) is 3.61. The molecule has 0 aliphatic rings. The summed E-state index contributed by atoms with van der Waals surface area (Å²) in [4.78, 5) is 11.0. The summed E-state index contributed by atoms with van der Waals surface area (Å²) in [5.74, 6) is -0.302. The molecule has 0 unspecified atom stereocenters. The first-order valence-electron chi connectivity index (χ1n) is 4.18. The monoisotopic (exact) mass is 179 g/mol. The highest BCUT2D eigenvalue weighted by molar-refractivity contribution is 5.80. The van der Waals surface area contributed by atoms with E-state index in [1.54, 1.807) is 12.2 Å². The molecule has 0 aromatic rings. The summed E-state index contributed by atoms with van der Waals surface area (Å²) in [6.45, 7) is 10.9. The molecule has 0 aliphatic carbocycles. The number of hydrogen-bond donors (Lipinski definition) is 1. The lowest BCUT2D eigenvalue weighted by Gasteiger charge is -2.20. The van der Waals surface area contributed by atoms with Crippen molar-refractivity contribution in [2.45, 2.75) is 20.3 Å². The van der Waals surface area contributed by atoms with Gasteiger partial charge in [-0.15, -0.1) is 0 Å². The van der Waals surface area contributed by atoms with Gasteiger partial charge in [0.25, 0.3) is 0 Å². The molecule has 0 saturated heterocycles. The zero-order valence-electron chi connectivity index (χ0n) is 8.34. The van der Waals surface area contributed by atoms with Crippen molar-refractivity contribution < 1.29 is 4.79 Å². The smallest absolute Gasteiger partial charge is 0.223 e. The van der Waals surface area contributed by atoms with Gasteiger partial charge in [-0.1, -0.05) is 45.2 Å². The second kappa shape index (κ2) is 4.65. The molecule has 0 radical (unpaired) electrons. The third-order valence-electron chi connectivity index (χ3n) is 1.91. The molecule has 0 spiro atoms. The number of carbonyl (C=O) groups is 1. The fraction of sp³-hybridized carbons (Fsp3) is 0.364. The van der Waals surface area contributed by atoms with Gasteiger partial charge in [0.05, 0.1) is 0 Å². The van der Waals surface area contributed by atoms with Crippen LogP contribution in [0.4, 0.5) is 0 Å². The number of nitrogens with two attached hydrogens (primary N) is 1. The summed E-state index contributed by atoms with van der Waals surface area (Å²) >= 11 is 0. The lowest BCUT2D eigenvalue weighted by Crippen LogP contribution is -2.31. The highest BCUT2D eigenvalue weighted by Crippen LogP contribution is 2.24. The van der Waals surface area contributed by atoms with Crippen molar-refractivity contribution in [3.05, 3.63) is 37.0 Å². The van der Waals surface area contributed by atoms with Crippen molar-refractivity contribution in [1.29, 1.82) is 0 Å². The minimum absolute atomic E-state index is 0.302. The quantitative estimate of drug-likeness (QED) is 0.646. The Bertz CT molecular complexity index is 249. The minimum atomic E-state index is -0.525. The van der Waals surface area contributed by atoms with E-state index in [9.17, 15) is 4.79 Å². The van der Waals surface area contributed by atoms with Gasteiger partial charge in [-0.05, 0) is 12.0 Å². The summed E-state index contributed by atoms with van der Waals surface area (Å²) in [5, 5.41) is 0. The Kier molecular flexibility index (Phi) is 4.18. The fourth-order valence-electron chi connectivity index (χ4n) is 0.948. The molecule has 0 aromatic heterocycles. The summed E-state index contributed by atoms with van der Waals surface area (Å²) < 4.78 is 0. The van der Waals surface area contributed by atoms with Crippen molar-refractivity contribution in [3.8, 4) is 0 Å². The molecule has 0 saturated carbocycles. The number of carbonyl (C=O) groups excluding carboxylic acids is 1. The van der Waals surface area contributed by atoms with E-state index < -0.39 is 5.41 Å². The summed E-state index contributed by atoms with van der Waals surface area (Å²) in [6, 6.07) is 0. The molecule has 72 valence electrons. The lowest BCUT2D eigenvalue weighted by atomic mass is 9.85. The zero-order chi connectivity index (χ0) is 10.5. The molecule has 1 amide bonds. The molecule has 0 heterocycles. The van der Waals surface area contributed by atoms with Crippen LogP contribution in [0.5, 0.6) is 0 Å². The molecule has 0 aromatic carbocycles. The maximum Gasteiger partial charge on any atom is 0.223 e. The normalized spacial score (nSPS) is 12.3. The molecule has 2 nitrogen and oxygen atoms in total. The fourth-order valence-corrected chi connectivity index (χ4v) is 0.948. The highest BCUT2D eigenvalue weighted by atomic mass is 16.1. The molecule has 2 N–H and O–H groups in total. The number of primary amides is 1. The third kappa shape index (κ3) is 3.74. The molecule has 0 bridgehead atoms. The Morgan fingerprint density at radius 3 is 2.31 bits per heavy atom. The van der Waals surface area contributed by atoms with Crippen molar-refractivity contribution in [1.82, 2.24) is 0 Å². The van der Waals surface area contributed by atoms with Gasteiger partial charge in [0.15, 0.2) is 0 Å². The maximum absolute atomic E-state index is 11.0. The van der Waals surface area contributed by atoms with Crippen LogP contribution in [0, 0.1) is 5.41 Å². The molecular formula is C11H17NO. The van der Waals surface area contributed by atoms with Gasteiger partial charge in [-0.3, -0.25) is 4.79 Å². The Labute approximate surface area is 79.8 Å². The number of hydrogen-bond acceptors (Lipinski definition) is 1. The maximum atomic E-state index is 11.0. The second-order valence-corrected chi connectivity index (χ2v) is 3.61. The predicted octanol–water partition coefficient (Wildman–Crippen LogP) is 2.19. The summed E-state index contributed by atoms with van der Waals surface area (Å²) in [7, 11) is 0. The standard InChI is InChI=1S/C11H17NO/c1-5-7-9(6-2)8-11(3,4)10(12)13/h5-7H,1-2,8H2,3-4H3,(H2,12,13)/b9-7+. The van der Waals surface area contributed by atoms with E-state index >= 15 is 0 Å². The van der Waals surface area contributed by atoms with Gasteiger partial charge in [-0.2, -0.15) is 0 Å². The summed E-state index contributed by atoms with van der Waals surface area (Å²) in [6.07, 6.45) is 5.82. The van der Waals surface area contributed by atoms with Crippen LogP contribution in [-0.4, -0.2) is 5.91 Å². The Balaban J connectivity index is 4.57. The first kappa shape index (κ1) is 11.7. The Hall–Kier alpha value is -1.31. The molecule has 2 heteroatoms. The topological polar surface area (TPSA) is 43.1 Å². The molecular weight excluding hydrogens is 162 g/mol. The van der Waals surface area contributed by atoms with Gasteiger partial charge in [0.2, 0.25) is 5.91 Å². The Morgan fingerprint density at radius 2 is 2.00 bits per heavy atom. The van der Waals surface area contributed by atoms with Crippen LogP contribution in [-0.2, 0) is 4.79 Å². The third-order valence-corrected chi connectivity index (χ3v) is 1.91. The molecule has 0 atom stereocenters. The lowest BCUT2D eigenvalue weighted by molar-refractivity contribution is -0.125. The highest BCUT2D eigenvalue weighted by Gasteiger charge is 2.25. The van der Waals surface area contributed by atoms with E-state index in [1.165, 1.54) is 0 Å². The van der Waals surface area contributed by atoms with E-state index in [0.717, 1.165) is 5.57 Å². The first-order valence-corrected chi connectivity index (χ1v) is 4.18. The van der Waals surface area contributed by atoms with E-state index in [1.807, 2.05) is 19.9 Å². The number of rotatable bonds is 5. The predicted molar refractivity (Wildman–Crippen MR) is 56.1 cm³/mol. The molecule has 0 aliphatic heterocycles. The van der Waals surface area contributed by atoms with Gasteiger partial charge >= 0.3 is 0 Å². The van der Waals surface area contributed by atoms with Crippen molar-refractivity contribution in [3.63, 3.8) is 0 Å². The van der Waals surface area contributed by atoms with Crippen LogP contribution in [0.1, 0.15) is 20.3 Å². The average Bonchev–Trinajstić information content (AvgIpc) is 2.03. The SMILES string of the molecule is C=C/C=C(\C=C)CC(C)(C)C(N)=O. The molecule has 0 rings (SSSR count). The zero-order valence-corrected chi connectivity index (χ0v) is 8.34. The first-order chi connectivity index (χ1) is 5.94. The summed E-state index contributed by atoms with van der Waals surface area (Å²) in [5.41, 5.74) is 5.69. The number of amides is 1. The van der Waals surface area contributed by atoms with Crippen molar-refractivity contribution >= 4 is 5.91 Å². The molecule has 13 heavy (non-hydrogen) atoms. The van der Waals surface area contributed by atoms with Crippen LogP contribution in [0.15, 0.2) is 37.0 Å². The number of allylic oxidation sites excluding steroid dienone is 4. The average molecular weight is 179 g/mol. The van der Waals surface area contributed by atoms with Crippen molar-refractivity contribution in [2.75, 3.05) is 0 Å². The van der Waals surface area contributed by atoms with Crippen molar-refractivity contribution in [2.24, 2.45) is 11.1 Å². The minimum Gasteiger partial charge on any atom is -0.369 e. The van der Waals surface area contributed by atoms with Crippen LogP contribution in [0.25, 0.3) is 0 Å². The van der Waals surface area contributed by atoms with Gasteiger partial charge in [0.1, 0.15) is 0 Å². The van der Waals surface area contributed by atoms with Crippen LogP contribution in [0.2, 0.25) is 0 Å². The molecule has 0 fully saturated rings. The van der Waals surface area contributed by atoms with Gasteiger partial charge < -0.3 is 5.73 Å². The van der Waals surface area contributed by atoms with E-state index in [4.69, 9.17) is 5.73 Å². The van der Waals surface area contributed by atoms with Gasteiger partial charge in [0, 0.05) is 5.41 Å². The van der Waals surface area contributed by atoms with Gasteiger partial charge in [-0.25, -0.2) is 0 Å². The van der Waals surface area contributed by atoms with E-state index in [0.29, 0.717) is 6.42 Å². The van der Waals surface area contributed by atoms with Crippen LogP contribution < -0.4 is 5.73 Å². The van der Waals surface area contributed by atoms with Crippen LogP contribution in [0.3, 0.4) is 0 Å². The Morgan fingerprint density at radius 1 is 1.46 bits per heavy atom. The van der Waals surface area contributed by atoms with E-state index in [-0.39, 0.29) is 5.91 Å². The largest absolute Gasteiger partial charge is 0.369 e.